The van der Waals surface area contributed by atoms with Crippen molar-refractivity contribution < 1.29 is 28.6 Å². The first-order valence-corrected chi connectivity index (χ1v) is 11.8. The van der Waals surface area contributed by atoms with E-state index in [1.54, 1.807) is 26.0 Å². The number of nitrogens with zero attached hydrogens (tertiary/aromatic N) is 2. The molecule has 0 bridgehead atoms. The van der Waals surface area contributed by atoms with Gasteiger partial charge in [0.15, 0.2) is 11.5 Å². The maximum absolute atomic E-state index is 12.2. The Balaban J connectivity index is 1.35. The van der Waals surface area contributed by atoms with Crippen LogP contribution in [-0.2, 0) is 27.6 Å². The molecule has 0 atom stereocenters. The number of benzene rings is 1. The van der Waals surface area contributed by atoms with Crippen molar-refractivity contribution in [3.63, 3.8) is 0 Å². The summed E-state index contributed by atoms with van der Waals surface area (Å²) >= 11 is 0. The molecule has 9 heteroatoms. The molecule has 0 aliphatic heterocycles. The smallest absolute Gasteiger partial charge is 0.407 e. The van der Waals surface area contributed by atoms with E-state index in [1.165, 1.54) is 0 Å². The number of rotatable bonds is 8. The Kier molecular flexibility index (Phi) is 7.97. The van der Waals surface area contributed by atoms with Gasteiger partial charge in [-0.1, -0.05) is 54.8 Å². The molecule has 0 unspecified atom stereocenters. The van der Waals surface area contributed by atoms with Crippen LogP contribution in [0, 0.1) is 19.8 Å². The lowest BCUT2D eigenvalue weighted by Crippen LogP contribution is -2.24. The van der Waals surface area contributed by atoms with Crippen LogP contribution in [0.5, 0.6) is 5.75 Å². The zero-order valence-corrected chi connectivity index (χ0v) is 19.9. The third kappa shape index (κ3) is 6.38. The van der Waals surface area contributed by atoms with Crippen LogP contribution in [0.2, 0.25) is 0 Å². The molecule has 1 N–H and O–H groups in total. The highest BCUT2D eigenvalue weighted by molar-refractivity contribution is 5.72. The highest BCUT2D eigenvalue weighted by Gasteiger charge is 2.24. The molecule has 9 nitrogen and oxygen atoms in total. The van der Waals surface area contributed by atoms with Crippen LogP contribution in [0.15, 0.2) is 47.0 Å². The van der Waals surface area contributed by atoms with E-state index < -0.39 is 6.09 Å². The predicted octanol–water partition coefficient (Wildman–Crippen LogP) is 5.20. The third-order valence-corrected chi connectivity index (χ3v) is 6.03. The first kappa shape index (κ1) is 24.3. The van der Waals surface area contributed by atoms with E-state index in [-0.39, 0.29) is 25.0 Å². The molecule has 1 amide bonds. The highest BCUT2D eigenvalue weighted by atomic mass is 17.2. The number of hydrogen-bond acceptors (Lipinski definition) is 8. The fourth-order valence-electron chi connectivity index (χ4n) is 3.99. The third-order valence-electron chi connectivity index (χ3n) is 6.03. The number of amides is 1. The molecule has 3 aromatic rings. The fourth-order valence-corrected chi connectivity index (χ4v) is 3.99. The van der Waals surface area contributed by atoms with Crippen LogP contribution < -0.4 is 10.2 Å². The summed E-state index contributed by atoms with van der Waals surface area (Å²) in [5.41, 5.74) is 3.25. The van der Waals surface area contributed by atoms with Gasteiger partial charge in [0.1, 0.15) is 12.3 Å². The van der Waals surface area contributed by atoms with Crippen LogP contribution in [-0.4, -0.2) is 22.2 Å². The Morgan fingerprint density at radius 1 is 1.03 bits per heavy atom. The van der Waals surface area contributed by atoms with Crippen molar-refractivity contribution in [3.8, 4) is 17.2 Å². The molecule has 2 heterocycles. The Labute approximate surface area is 203 Å². The molecule has 1 saturated carbocycles. The lowest BCUT2D eigenvalue weighted by atomic mass is 9.89. The number of ether oxygens (including phenoxy) is 1. The summed E-state index contributed by atoms with van der Waals surface area (Å²) in [6.07, 6.45) is 4.34. The van der Waals surface area contributed by atoms with E-state index in [0.717, 1.165) is 37.7 Å². The number of alkyl carbamates (subject to hydrolysis) is 1. The maximum Gasteiger partial charge on any atom is 0.407 e. The van der Waals surface area contributed by atoms with Crippen molar-refractivity contribution in [1.29, 1.82) is 0 Å². The molecule has 1 fully saturated rings. The van der Waals surface area contributed by atoms with Gasteiger partial charge in [0, 0.05) is 5.56 Å². The number of carbonyl (C=O) groups is 2. The molecule has 0 saturated heterocycles. The van der Waals surface area contributed by atoms with Crippen molar-refractivity contribution in [2.24, 2.45) is 5.92 Å². The number of carbonyl (C=O) groups excluding carboxylic acids is 2. The monoisotopic (exact) mass is 479 g/mol. The molecule has 2 aromatic heterocycles. The second kappa shape index (κ2) is 11.5. The molecule has 1 aliphatic rings. The number of pyridine rings is 1. The summed E-state index contributed by atoms with van der Waals surface area (Å²) < 4.78 is 10.7. The van der Waals surface area contributed by atoms with E-state index in [1.807, 2.05) is 30.3 Å². The first-order valence-electron chi connectivity index (χ1n) is 11.8. The van der Waals surface area contributed by atoms with E-state index in [0.29, 0.717) is 34.2 Å². The van der Waals surface area contributed by atoms with Gasteiger partial charge in [0.05, 0.1) is 23.9 Å². The molecule has 4 rings (SSSR count). The minimum Gasteiger partial charge on any atom is -0.445 e. The second-order valence-corrected chi connectivity index (χ2v) is 8.59. The molecule has 1 aliphatic carbocycles. The summed E-state index contributed by atoms with van der Waals surface area (Å²) in [6.45, 7) is 3.87. The molecular weight excluding hydrogens is 450 g/mol. The van der Waals surface area contributed by atoms with Gasteiger partial charge in [-0.3, -0.25) is 9.78 Å². The highest BCUT2D eigenvalue weighted by Crippen LogP contribution is 2.29. The molecule has 0 spiro atoms. The second-order valence-electron chi connectivity index (χ2n) is 8.59. The minimum absolute atomic E-state index is 0.108. The van der Waals surface area contributed by atoms with Gasteiger partial charge in [-0.05, 0) is 44.4 Å². The van der Waals surface area contributed by atoms with Crippen LogP contribution in [0.3, 0.4) is 0 Å². The van der Waals surface area contributed by atoms with Crippen molar-refractivity contribution >= 4 is 12.1 Å². The normalized spacial score (nSPS) is 13.8. The van der Waals surface area contributed by atoms with Crippen molar-refractivity contribution in [2.45, 2.75) is 59.1 Å². The number of hydrogen-bond donors (Lipinski definition) is 1. The predicted molar refractivity (Wildman–Crippen MR) is 126 cm³/mol. The Morgan fingerprint density at radius 3 is 2.54 bits per heavy atom. The summed E-state index contributed by atoms with van der Waals surface area (Å²) in [6, 6.07) is 12.8. The lowest BCUT2D eigenvalue weighted by Gasteiger charge is -2.19. The van der Waals surface area contributed by atoms with Gasteiger partial charge in [-0.2, -0.15) is 0 Å². The van der Waals surface area contributed by atoms with Gasteiger partial charge in [-0.25, -0.2) is 14.6 Å². The van der Waals surface area contributed by atoms with E-state index in [4.69, 9.17) is 19.0 Å². The van der Waals surface area contributed by atoms with Crippen molar-refractivity contribution in [3.05, 3.63) is 65.0 Å². The number of aryl methyl sites for hydroxylation is 2. The van der Waals surface area contributed by atoms with Gasteiger partial charge >= 0.3 is 12.1 Å². The Morgan fingerprint density at radius 2 is 1.80 bits per heavy atom. The van der Waals surface area contributed by atoms with Crippen LogP contribution in [0.4, 0.5) is 4.79 Å². The maximum atomic E-state index is 12.2. The quantitative estimate of drug-likeness (QED) is 0.347. The van der Waals surface area contributed by atoms with Crippen LogP contribution >= 0.6 is 0 Å². The zero-order chi connectivity index (χ0) is 24.6. The molecule has 184 valence electrons. The van der Waals surface area contributed by atoms with Crippen LogP contribution in [0.25, 0.3) is 11.5 Å². The zero-order valence-electron chi connectivity index (χ0n) is 19.9. The molecule has 0 radical (unpaired) electrons. The summed E-state index contributed by atoms with van der Waals surface area (Å²) in [7, 11) is 0. The van der Waals surface area contributed by atoms with Gasteiger partial charge in [0.2, 0.25) is 0 Å². The Hall–Kier alpha value is -3.88. The average molecular weight is 480 g/mol. The summed E-state index contributed by atoms with van der Waals surface area (Å²) in [5, 5.41) is 6.75. The largest absolute Gasteiger partial charge is 0.445 e. The topological polar surface area (TPSA) is 113 Å². The molecular formula is C26H29N3O6. The standard InChI is InChI=1S/C26H29N3O6/c1-17-21(15-27-26(31)32-16-19-9-5-3-6-10-19)24(33-29-17)22-13-14-23(18(2)28-22)34-35-25(30)20-11-7-4-8-12-20/h3,5-6,9-10,13-14,20H,4,7-8,11-12,15-16H2,1-2H3,(H,27,31). The average Bonchev–Trinajstić information content (AvgIpc) is 3.26. The summed E-state index contributed by atoms with van der Waals surface area (Å²) in [4.78, 5) is 39.3. The van der Waals surface area contributed by atoms with Gasteiger partial charge in [-0.15, -0.1) is 0 Å². The fraction of sp³-hybridized carbons (Fsp3) is 0.385. The SMILES string of the molecule is Cc1nc(-c2onc(C)c2CNC(=O)OCc2ccccc2)ccc1OOC(=O)C1CCCCC1. The summed E-state index contributed by atoms with van der Waals surface area (Å²) in [5.74, 6) is 0.326. The first-order chi connectivity index (χ1) is 17.0. The van der Waals surface area contributed by atoms with Gasteiger partial charge < -0.3 is 14.6 Å². The van der Waals surface area contributed by atoms with Crippen molar-refractivity contribution in [1.82, 2.24) is 15.5 Å². The minimum atomic E-state index is -0.548. The van der Waals surface area contributed by atoms with E-state index in [2.05, 4.69) is 15.5 Å². The number of nitrogens with one attached hydrogen (secondary N) is 1. The lowest BCUT2D eigenvalue weighted by molar-refractivity contribution is -0.220. The number of aromatic nitrogens is 2. The van der Waals surface area contributed by atoms with Crippen LogP contribution in [0.1, 0.15) is 54.6 Å². The van der Waals surface area contributed by atoms with E-state index >= 15 is 0 Å². The molecule has 1 aromatic carbocycles. The van der Waals surface area contributed by atoms with Gasteiger partial charge in [0.25, 0.3) is 0 Å². The van der Waals surface area contributed by atoms with Crippen molar-refractivity contribution in [2.75, 3.05) is 0 Å². The molecule has 35 heavy (non-hydrogen) atoms. The Bertz CT molecular complexity index is 1160. The van der Waals surface area contributed by atoms with E-state index in [9.17, 15) is 9.59 Å².